The summed E-state index contributed by atoms with van der Waals surface area (Å²) in [5.74, 6) is -1.82. The number of benzene rings is 1. The van der Waals surface area contributed by atoms with Crippen molar-refractivity contribution in [1.82, 2.24) is 15.1 Å². The van der Waals surface area contributed by atoms with Gasteiger partial charge in [-0.2, -0.15) is 5.10 Å². The van der Waals surface area contributed by atoms with Gasteiger partial charge < -0.3 is 4.90 Å². The monoisotopic (exact) mass is 407 g/mol. The first-order chi connectivity index (χ1) is 13.0. The second kappa shape index (κ2) is 7.40. The van der Waals surface area contributed by atoms with Gasteiger partial charge in [-0.15, -0.1) is 11.3 Å². The standard InChI is InChI=1S/C19H16ClF2N3OS/c20-14-5-7-27-18(14)19(26)25-6-1-2-12(10-25)17-13(9-23-24-17)11-3-4-15(21)16(22)8-11/h3-5,7-9,12H,1-2,6,10H2,(H,23,24)/t12-/m0/s1. The van der Waals surface area contributed by atoms with Crippen molar-refractivity contribution in [2.45, 2.75) is 18.8 Å². The molecule has 8 heteroatoms. The number of nitrogens with one attached hydrogen (secondary N) is 1. The molecular formula is C19H16ClF2N3OS. The summed E-state index contributed by atoms with van der Waals surface area (Å²) in [6.45, 7) is 1.18. The van der Waals surface area contributed by atoms with Crippen molar-refractivity contribution >= 4 is 28.8 Å². The van der Waals surface area contributed by atoms with E-state index in [9.17, 15) is 13.6 Å². The van der Waals surface area contributed by atoms with E-state index in [4.69, 9.17) is 11.6 Å². The molecule has 1 aliphatic heterocycles. The van der Waals surface area contributed by atoms with E-state index in [1.165, 1.54) is 23.5 Å². The van der Waals surface area contributed by atoms with Crippen molar-refractivity contribution in [1.29, 1.82) is 0 Å². The summed E-state index contributed by atoms with van der Waals surface area (Å²) in [4.78, 5) is 15.1. The number of halogens is 3. The first kappa shape index (κ1) is 18.1. The third-order valence-corrected chi connectivity index (χ3v) is 6.16. The van der Waals surface area contributed by atoms with Crippen LogP contribution in [0.2, 0.25) is 5.02 Å². The molecule has 1 amide bonds. The molecule has 4 nitrogen and oxygen atoms in total. The van der Waals surface area contributed by atoms with Gasteiger partial charge in [-0.1, -0.05) is 17.7 Å². The smallest absolute Gasteiger partial charge is 0.265 e. The van der Waals surface area contributed by atoms with Gasteiger partial charge in [0.1, 0.15) is 4.88 Å². The van der Waals surface area contributed by atoms with Gasteiger partial charge in [0.2, 0.25) is 0 Å². The van der Waals surface area contributed by atoms with Gasteiger partial charge in [0.15, 0.2) is 11.6 Å². The molecule has 1 aromatic carbocycles. The van der Waals surface area contributed by atoms with E-state index in [2.05, 4.69) is 10.2 Å². The topological polar surface area (TPSA) is 49.0 Å². The minimum absolute atomic E-state index is 0.0343. The Morgan fingerprint density at radius 3 is 2.89 bits per heavy atom. The first-order valence-electron chi connectivity index (χ1n) is 8.55. The Bertz CT molecular complexity index is 987. The average molecular weight is 408 g/mol. The molecule has 0 spiro atoms. The van der Waals surface area contributed by atoms with Crippen molar-refractivity contribution in [3.8, 4) is 11.1 Å². The van der Waals surface area contributed by atoms with E-state index >= 15 is 0 Å². The Labute approximate surface area is 163 Å². The predicted molar refractivity (Wildman–Crippen MR) is 101 cm³/mol. The highest BCUT2D eigenvalue weighted by Crippen LogP contribution is 2.34. The van der Waals surface area contributed by atoms with Crippen molar-refractivity contribution < 1.29 is 13.6 Å². The number of carbonyl (C=O) groups is 1. The Balaban J connectivity index is 1.59. The molecule has 1 fully saturated rings. The number of aromatic amines is 1. The molecular weight excluding hydrogens is 392 g/mol. The minimum atomic E-state index is -0.896. The number of rotatable bonds is 3. The van der Waals surface area contributed by atoms with Gasteiger partial charge in [0.25, 0.3) is 5.91 Å². The lowest BCUT2D eigenvalue weighted by Crippen LogP contribution is -2.39. The van der Waals surface area contributed by atoms with Crippen LogP contribution in [0.3, 0.4) is 0 Å². The zero-order valence-corrected chi connectivity index (χ0v) is 15.8. The van der Waals surface area contributed by atoms with Crippen LogP contribution in [0.1, 0.15) is 34.1 Å². The molecule has 3 heterocycles. The number of likely N-dealkylation sites (tertiary alicyclic amines) is 1. The molecule has 140 valence electrons. The van der Waals surface area contributed by atoms with Gasteiger partial charge in [0.05, 0.1) is 11.2 Å². The molecule has 0 saturated carbocycles. The van der Waals surface area contributed by atoms with Gasteiger partial charge in [-0.05, 0) is 42.0 Å². The van der Waals surface area contributed by atoms with Crippen LogP contribution in [-0.2, 0) is 0 Å². The molecule has 1 atom stereocenters. The molecule has 1 aliphatic rings. The quantitative estimate of drug-likeness (QED) is 0.657. The lowest BCUT2D eigenvalue weighted by atomic mass is 9.90. The van der Waals surface area contributed by atoms with Crippen LogP contribution in [0, 0.1) is 11.6 Å². The fourth-order valence-corrected chi connectivity index (χ4v) is 4.59. The number of hydrogen-bond donors (Lipinski definition) is 1. The summed E-state index contributed by atoms with van der Waals surface area (Å²) in [6.07, 6.45) is 3.33. The van der Waals surface area contributed by atoms with Gasteiger partial charge in [0, 0.05) is 30.3 Å². The van der Waals surface area contributed by atoms with E-state index in [0.29, 0.717) is 28.6 Å². The molecule has 27 heavy (non-hydrogen) atoms. The number of piperidine rings is 1. The Hall–Kier alpha value is -2.25. The number of H-pyrrole nitrogens is 1. The number of amides is 1. The maximum absolute atomic E-state index is 13.6. The third-order valence-electron chi connectivity index (χ3n) is 4.83. The molecule has 4 rings (SSSR count). The van der Waals surface area contributed by atoms with E-state index in [-0.39, 0.29) is 11.8 Å². The fourth-order valence-electron chi connectivity index (χ4n) is 3.49. The van der Waals surface area contributed by atoms with Crippen molar-refractivity contribution in [2.75, 3.05) is 13.1 Å². The Morgan fingerprint density at radius 2 is 2.15 bits per heavy atom. The second-order valence-electron chi connectivity index (χ2n) is 6.51. The average Bonchev–Trinajstić information content (AvgIpc) is 3.32. The maximum atomic E-state index is 13.6. The molecule has 3 aromatic rings. The normalized spacial score (nSPS) is 17.3. The van der Waals surface area contributed by atoms with Crippen LogP contribution in [-0.4, -0.2) is 34.1 Å². The molecule has 2 aromatic heterocycles. The second-order valence-corrected chi connectivity index (χ2v) is 7.84. The molecule has 0 radical (unpaired) electrons. The largest absolute Gasteiger partial charge is 0.337 e. The molecule has 0 unspecified atom stereocenters. The molecule has 1 N–H and O–H groups in total. The highest BCUT2D eigenvalue weighted by atomic mass is 35.5. The Morgan fingerprint density at radius 1 is 1.30 bits per heavy atom. The number of thiophene rings is 1. The van der Waals surface area contributed by atoms with Crippen LogP contribution in [0.4, 0.5) is 8.78 Å². The molecule has 0 aliphatic carbocycles. The van der Waals surface area contributed by atoms with E-state index in [1.54, 1.807) is 22.5 Å². The third kappa shape index (κ3) is 3.49. The minimum Gasteiger partial charge on any atom is -0.337 e. The maximum Gasteiger partial charge on any atom is 0.265 e. The van der Waals surface area contributed by atoms with Gasteiger partial charge in [-0.25, -0.2) is 8.78 Å². The summed E-state index contributed by atoms with van der Waals surface area (Å²) >= 11 is 7.44. The van der Waals surface area contributed by atoms with Crippen LogP contribution >= 0.6 is 22.9 Å². The zero-order valence-electron chi connectivity index (χ0n) is 14.2. The summed E-state index contributed by atoms with van der Waals surface area (Å²) in [5, 5.41) is 9.35. The summed E-state index contributed by atoms with van der Waals surface area (Å²) in [5.41, 5.74) is 2.11. The first-order valence-corrected chi connectivity index (χ1v) is 9.81. The van der Waals surface area contributed by atoms with Crippen LogP contribution in [0.25, 0.3) is 11.1 Å². The summed E-state index contributed by atoms with van der Waals surface area (Å²) in [6, 6.07) is 5.53. The summed E-state index contributed by atoms with van der Waals surface area (Å²) < 4.78 is 26.9. The Kier molecular flexibility index (Phi) is 4.97. The summed E-state index contributed by atoms with van der Waals surface area (Å²) in [7, 11) is 0. The van der Waals surface area contributed by atoms with Gasteiger partial charge >= 0.3 is 0 Å². The number of carbonyl (C=O) groups excluding carboxylic acids is 1. The van der Waals surface area contributed by atoms with E-state index in [1.807, 2.05) is 0 Å². The van der Waals surface area contributed by atoms with Gasteiger partial charge in [-0.3, -0.25) is 9.89 Å². The predicted octanol–water partition coefficient (Wildman–Crippen LogP) is 5.09. The van der Waals surface area contributed by atoms with E-state index < -0.39 is 11.6 Å². The molecule has 1 saturated heterocycles. The lowest BCUT2D eigenvalue weighted by molar-refractivity contribution is 0.0711. The zero-order chi connectivity index (χ0) is 19.0. The van der Waals surface area contributed by atoms with Crippen molar-refractivity contribution in [3.05, 3.63) is 63.1 Å². The lowest BCUT2D eigenvalue weighted by Gasteiger charge is -2.32. The SMILES string of the molecule is O=C(c1sccc1Cl)N1CCC[C@H](c2[nH]ncc2-c2ccc(F)c(F)c2)C1. The highest BCUT2D eigenvalue weighted by Gasteiger charge is 2.29. The van der Waals surface area contributed by atoms with Crippen molar-refractivity contribution in [2.24, 2.45) is 0 Å². The number of nitrogens with zero attached hydrogens (tertiary/aromatic N) is 2. The highest BCUT2D eigenvalue weighted by molar-refractivity contribution is 7.12. The number of hydrogen-bond acceptors (Lipinski definition) is 3. The number of aromatic nitrogens is 2. The van der Waals surface area contributed by atoms with Crippen molar-refractivity contribution in [3.63, 3.8) is 0 Å². The van der Waals surface area contributed by atoms with Crippen LogP contribution in [0.5, 0.6) is 0 Å². The molecule has 0 bridgehead atoms. The van der Waals surface area contributed by atoms with Crippen LogP contribution in [0.15, 0.2) is 35.8 Å². The van der Waals surface area contributed by atoms with E-state index in [0.717, 1.165) is 30.2 Å². The van der Waals surface area contributed by atoms with Crippen LogP contribution < -0.4 is 0 Å². The fraction of sp³-hybridized carbons (Fsp3) is 0.263.